The van der Waals surface area contributed by atoms with Crippen LogP contribution < -0.4 is 67.8 Å². The zero-order valence-corrected chi connectivity index (χ0v) is 70.9. The minimum absolute atomic E-state index is 0. The predicted octanol–water partition coefficient (Wildman–Crippen LogP) is 17.8. The van der Waals surface area contributed by atoms with Crippen molar-refractivity contribution in [3.05, 3.63) is 333 Å². The number of ether oxygens (including phenoxy) is 4. The first-order valence-electron chi connectivity index (χ1n) is 38.2. The summed E-state index contributed by atoms with van der Waals surface area (Å²) in [5, 5.41) is 28.2. The maximum Gasteiger partial charge on any atom is 1.00 e. The zero-order valence-electron chi connectivity index (χ0n) is 67.7. The molecule has 0 aliphatic heterocycles. The average Bonchev–Trinajstić information content (AvgIpc) is 1.68. The molecule has 0 bridgehead atoms. The van der Waals surface area contributed by atoms with E-state index in [1.807, 2.05) is 265 Å². The second-order valence-electron chi connectivity index (χ2n) is 29.2. The number of aliphatic carboxylic acids is 1. The number of aryl methyl sites for hydroxylation is 4. The van der Waals surface area contributed by atoms with Crippen LogP contribution in [0.2, 0.25) is 0 Å². The number of nitrogen functional groups attached to an aromatic ring is 1. The van der Waals surface area contributed by atoms with E-state index >= 15 is 0 Å². The smallest absolute Gasteiger partial charge is 0.547 e. The molecule has 3 unspecified atom stereocenters. The van der Waals surface area contributed by atoms with Crippen LogP contribution in [-0.4, -0.2) is 70.7 Å². The van der Waals surface area contributed by atoms with Gasteiger partial charge < -0.3 is 62.6 Å². The maximum absolute atomic E-state index is 12.9. The fraction of sp³-hybridized carbons (Fsp3) is 0.194. The standard InChI is InChI=1S/C23H27NO3.C21H23NO3.C19H19NO3.C15H13N.C14H11N.C6H8N2.K/c1-6-26-22(25)21(27-23(2,3)4)20-19(16-12-8-7-9-13-16)17-14-10-11-15-18(17)24(20)5;1-21(2,3)25-19(20(23)24)18-17(14-10-6-5-7-11-14)15-12-8-9-13-16(15)22(18)4;1-3-23-19(22)18(21)17-16(13-9-5-4-6-10-13)14-11-7-8-12-15(14)20(17)2;1-16-11-14(12-7-3-2-4-8-12)13-9-5-6-10-15(13)16;1-2-6-11(7-3-1)13-10-15-14-9-5-4-8-12(13)14;7-8-6-4-2-1-3-5-6;/h7-15,21H,6H2,1-5H3;5-13,19H,1-4H3,(H,23,24);4-12,18,21H,3H2,1-2H3;2-11H,1H3;1-10,15H;1-5,8H,7H2;/q;;;;;;+1/p-1. The molecular formula is C98H100KN7O9. The number of hydrogen-bond donors (Lipinski definition) is 4. The molecular weight excluding hydrogens is 1460 g/mol. The third-order valence-electron chi connectivity index (χ3n) is 19.2. The van der Waals surface area contributed by atoms with Crippen LogP contribution in [0, 0.1) is 0 Å². The van der Waals surface area contributed by atoms with Crippen molar-refractivity contribution in [2.24, 2.45) is 34.0 Å². The Balaban J connectivity index is 0.000000150. The molecule has 0 saturated heterocycles. The van der Waals surface area contributed by atoms with Crippen LogP contribution in [0.1, 0.15) is 90.8 Å². The van der Waals surface area contributed by atoms with Gasteiger partial charge in [0.05, 0.1) is 47.5 Å². The van der Waals surface area contributed by atoms with Crippen LogP contribution in [0.3, 0.4) is 0 Å². The average molecular weight is 1560 g/mol. The number of para-hydroxylation sites is 6. The first-order valence-corrected chi connectivity index (χ1v) is 38.2. The van der Waals surface area contributed by atoms with Gasteiger partial charge in [-0.1, -0.05) is 261 Å². The first-order chi connectivity index (χ1) is 55.0. The molecule has 16 nitrogen and oxygen atoms in total. The molecule has 0 aliphatic carbocycles. The summed E-state index contributed by atoms with van der Waals surface area (Å²) >= 11 is 0. The van der Waals surface area contributed by atoms with Gasteiger partial charge in [0.1, 0.15) is 6.10 Å². The van der Waals surface area contributed by atoms with Gasteiger partial charge in [0.15, 0.2) is 12.2 Å². The van der Waals surface area contributed by atoms with Crippen LogP contribution in [-0.2, 0) is 61.5 Å². The third-order valence-corrected chi connectivity index (χ3v) is 19.2. The Morgan fingerprint density at radius 1 is 0.409 bits per heavy atom. The molecule has 0 amide bonds. The molecule has 11 aromatic carbocycles. The van der Waals surface area contributed by atoms with Crippen LogP contribution in [0.4, 0.5) is 5.69 Å². The summed E-state index contributed by atoms with van der Waals surface area (Å²) in [5.74, 6) is 2.87. The Labute approximate surface area is 716 Å². The molecule has 0 radical (unpaired) electrons. The fourth-order valence-corrected chi connectivity index (χ4v) is 14.2. The van der Waals surface area contributed by atoms with E-state index in [2.05, 4.69) is 156 Å². The number of esters is 2. The number of hydrazine groups is 1. The topological polar surface area (TPSA) is 205 Å². The van der Waals surface area contributed by atoms with Crippen molar-refractivity contribution in [2.75, 3.05) is 18.6 Å². The summed E-state index contributed by atoms with van der Waals surface area (Å²) in [6, 6.07) is 101. The number of benzene rings is 11. The number of nitrogens with one attached hydrogen (secondary N) is 2. The van der Waals surface area contributed by atoms with Crippen molar-refractivity contribution in [1.82, 2.24) is 23.3 Å². The molecule has 0 saturated carbocycles. The predicted molar refractivity (Wildman–Crippen MR) is 462 cm³/mol. The normalized spacial score (nSPS) is 11.8. The van der Waals surface area contributed by atoms with E-state index in [1.54, 1.807) is 6.92 Å². The summed E-state index contributed by atoms with van der Waals surface area (Å²) in [6.45, 7) is 15.5. The first kappa shape index (κ1) is 86.2. The largest absolute Gasteiger partial charge is 1.00 e. The molecule has 0 spiro atoms. The van der Waals surface area contributed by atoms with E-state index in [4.69, 9.17) is 24.8 Å². The van der Waals surface area contributed by atoms with Gasteiger partial charge in [0.25, 0.3) is 0 Å². The number of hydrogen-bond acceptors (Lipinski definition) is 11. The van der Waals surface area contributed by atoms with Gasteiger partial charge in [-0.25, -0.2) is 9.59 Å². The summed E-state index contributed by atoms with van der Waals surface area (Å²) < 4.78 is 30.4. The van der Waals surface area contributed by atoms with Gasteiger partial charge in [0, 0.05) is 129 Å². The Morgan fingerprint density at radius 3 is 1.13 bits per heavy atom. The molecule has 582 valence electrons. The molecule has 16 aromatic rings. The Bertz CT molecular complexity index is 5830. The zero-order chi connectivity index (χ0) is 81.1. The molecule has 0 fully saturated rings. The number of H-pyrrole nitrogens is 1. The third kappa shape index (κ3) is 21.0. The number of nitrogens with zero attached hydrogens (tertiary/aromatic N) is 4. The molecule has 0 aliphatic rings. The van der Waals surface area contributed by atoms with Crippen molar-refractivity contribution in [1.29, 1.82) is 0 Å². The number of aromatic amines is 1. The van der Waals surface area contributed by atoms with E-state index in [0.717, 1.165) is 77.5 Å². The second kappa shape index (κ2) is 40.2. The number of carboxylic acids is 1. The van der Waals surface area contributed by atoms with Gasteiger partial charge in [-0.05, 0) is 126 Å². The monoisotopic (exact) mass is 1560 g/mol. The van der Waals surface area contributed by atoms with E-state index in [9.17, 15) is 24.6 Å². The molecule has 3 atom stereocenters. The molecule has 5 N–H and O–H groups in total. The van der Waals surface area contributed by atoms with Gasteiger partial charge in [-0.3, -0.25) is 5.84 Å². The molecule has 5 aromatic heterocycles. The summed E-state index contributed by atoms with van der Waals surface area (Å²) in [7, 11) is 7.79. The number of anilines is 1. The quantitative estimate of drug-likeness (QED) is 0.0310. The molecule has 17 heteroatoms. The van der Waals surface area contributed by atoms with Gasteiger partial charge in [0.2, 0.25) is 0 Å². The second-order valence-corrected chi connectivity index (χ2v) is 29.2. The van der Waals surface area contributed by atoms with Crippen LogP contribution in [0.25, 0.3) is 110 Å². The SMILES string of the molecule is CCOC(=O)C(O)c1c(-c2ccccc2)c2ccccc2n1C.CCOC(=O)C(OC(C)(C)C)c1c(-c2ccccc2)c2ccccc2n1C.Cn1c(C(OC(C)(C)C)C(=O)[O-])c(-c2ccccc2)c2ccccc21.Cn1cc(-c2ccccc2)c2ccccc21.NNc1ccccc1.[K+].c1ccc(-c2c[nH]c3ccccc23)cc1. The molecule has 5 heterocycles. The Hall–Kier alpha value is -11.2. The molecule has 16 rings (SSSR count). The van der Waals surface area contributed by atoms with Crippen LogP contribution >= 0.6 is 0 Å². The summed E-state index contributed by atoms with van der Waals surface area (Å²) in [6.07, 6.45) is 0.979. The number of rotatable bonds is 16. The number of aromatic nitrogens is 5. The van der Waals surface area contributed by atoms with Gasteiger partial charge >= 0.3 is 63.3 Å². The van der Waals surface area contributed by atoms with Crippen molar-refractivity contribution in [2.45, 2.75) is 84.9 Å². The van der Waals surface area contributed by atoms with E-state index in [-0.39, 0.29) is 64.0 Å². The summed E-state index contributed by atoms with van der Waals surface area (Å²) in [4.78, 5) is 40.2. The summed E-state index contributed by atoms with van der Waals surface area (Å²) in [5.41, 5.74) is 20.6. The number of fused-ring (bicyclic) bond motifs is 5. The van der Waals surface area contributed by atoms with E-state index in [0.29, 0.717) is 18.0 Å². The number of nitrogens with two attached hydrogens (primary N) is 1. The Kier molecular flexibility index (Phi) is 30.1. The van der Waals surface area contributed by atoms with Gasteiger partial charge in [-0.2, -0.15) is 0 Å². The minimum Gasteiger partial charge on any atom is -0.547 e. The number of carbonyl (C=O) groups excluding carboxylic acids is 3. The van der Waals surface area contributed by atoms with Crippen molar-refractivity contribution in [3.63, 3.8) is 0 Å². The van der Waals surface area contributed by atoms with Crippen LogP contribution in [0.5, 0.6) is 0 Å². The van der Waals surface area contributed by atoms with Crippen molar-refractivity contribution >= 4 is 78.1 Å². The number of aliphatic hydroxyl groups excluding tert-OH is 1. The number of aliphatic hydroxyl groups is 1. The van der Waals surface area contributed by atoms with Gasteiger partial charge in [-0.15, -0.1) is 0 Å². The van der Waals surface area contributed by atoms with Crippen molar-refractivity contribution < 1.29 is 94.9 Å². The molecule has 115 heavy (non-hydrogen) atoms. The van der Waals surface area contributed by atoms with Crippen molar-refractivity contribution in [3.8, 4) is 55.6 Å². The maximum atomic E-state index is 12.9. The fourth-order valence-electron chi connectivity index (χ4n) is 14.2. The van der Waals surface area contributed by atoms with E-state index in [1.165, 1.54) is 44.1 Å². The van der Waals surface area contributed by atoms with Crippen LogP contribution in [0.15, 0.2) is 316 Å². The Morgan fingerprint density at radius 2 is 0.730 bits per heavy atom. The number of carbonyl (C=O) groups is 3. The van der Waals surface area contributed by atoms with E-state index < -0.39 is 41.5 Å². The number of carboxylic acid groups (broad SMARTS) is 1. The minimum atomic E-state index is -1.32.